The zero-order valence-electron chi connectivity index (χ0n) is 16.6. The fourth-order valence-electron chi connectivity index (χ4n) is 4.05. The Morgan fingerprint density at radius 1 is 1.03 bits per heavy atom. The van der Waals surface area contributed by atoms with Crippen LogP contribution >= 0.6 is 23.1 Å². The minimum absolute atomic E-state index is 0.0431. The van der Waals surface area contributed by atoms with Gasteiger partial charge in [0.1, 0.15) is 11.5 Å². The van der Waals surface area contributed by atoms with Crippen LogP contribution < -0.4 is 9.47 Å². The number of piperidine rings is 1. The molecule has 3 heterocycles. The normalized spacial score (nSPS) is 18.1. The molecule has 2 aliphatic heterocycles. The number of hydrogen-bond donors (Lipinski definition) is 0. The van der Waals surface area contributed by atoms with Gasteiger partial charge in [0, 0.05) is 31.5 Å². The zero-order valence-corrected chi connectivity index (χ0v) is 18.2. The van der Waals surface area contributed by atoms with Gasteiger partial charge >= 0.3 is 0 Å². The van der Waals surface area contributed by atoms with E-state index in [0.29, 0.717) is 30.2 Å². The lowest BCUT2D eigenvalue weighted by molar-refractivity contribution is 0.0499. The van der Waals surface area contributed by atoms with Crippen molar-refractivity contribution in [3.63, 3.8) is 0 Å². The van der Waals surface area contributed by atoms with Crippen molar-refractivity contribution in [2.24, 2.45) is 0 Å². The lowest BCUT2D eigenvalue weighted by atomic mass is 10.0. The molecule has 1 aromatic heterocycles. The molecular weight excluding hydrogens is 408 g/mol. The number of carbonyl (C=O) groups excluding carboxylic acids is 2. The summed E-state index contributed by atoms with van der Waals surface area (Å²) in [5.74, 6) is 2.18. The lowest BCUT2D eigenvalue weighted by Crippen LogP contribution is -2.53. The lowest BCUT2D eigenvalue weighted by Gasteiger charge is -2.44. The van der Waals surface area contributed by atoms with Gasteiger partial charge in [0.2, 0.25) is 0 Å². The summed E-state index contributed by atoms with van der Waals surface area (Å²) in [4.78, 5) is 30.5. The Morgan fingerprint density at radius 3 is 2.48 bits per heavy atom. The van der Waals surface area contributed by atoms with E-state index in [9.17, 15) is 9.59 Å². The van der Waals surface area contributed by atoms with Gasteiger partial charge in [0.05, 0.1) is 29.5 Å². The molecule has 0 bridgehead atoms. The average molecular weight is 433 g/mol. The predicted molar refractivity (Wildman–Crippen MR) is 115 cm³/mol. The second-order valence-electron chi connectivity index (χ2n) is 7.09. The van der Waals surface area contributed by atoms with Gasteiger partial charge in [-0.25, -0.2) is 0 Å². The summed E-state index contributed by atoms with van der Waals surface area (Å²) >= 11 is 3.34. The Bertz CT molecular complexity index is 892. The molecule has 0 atom stereocenters. The van der Waals surface area contributed by atoms with E-state index in [2.05, 4.69) is 0 Å². The number of likely N-dealkylation sites (tertiary alicyclic amines) is 1. The van der Waals surface area contributed by atoms with Crippen molar-refractivity contribution >= 4 is 34.9 Å². The maximum Gasteiger partial charge on any atom is 0.265 e. The van der Waals surface area contributed by atoms with E-state index in [0.717, 1.165) is 30.0 Å². The first-order valence-electron chi connectivity index (χ1n) is 9.59. The smallest absolute Gasteiger partial charge is 0.265 e. The third kappa shape index (κ3) is 3.71. The van der Waals surface area contributed by atoms with Gasteiger partial charge in [-0.15, -0.1) is 23.1 Å². The van der Waals surface area contributed by atoms with Gasteiger partial charge in [-0.3, -0.25) is 9.59 Å². The van der Waals surface area contributed by atoms with E-state index >= 15 is 0 Å². The summed E-state index contributed by atoms with van der Waals surface area (Å²) in [6, 6.07) is 9.05. The molecule has 2 aliphatic rings. The summed E-state index contributed by atoms with van der Waals surface area (Å²) in [5, 5.41) is 1.94. The second kappa shape index (κ2) is 8.28. The molecule has 0 saturated carbocycles. The van der Waals surface area contributed by atoms with E-state index in [1.807, 2.05) is 39.1 Å². The molecule has 154 valence electrons. The molecule has 6 nitrogen and oxygen atoms in total. The molecule has 2 fully saturated rings. The largest absolute Gasteiger partial charge is 0.497 e. The van der Waals surface area contributed by atoms with Crippen LogP contribution in [0.15, 0.2) is 35.7 Å². The van der Waals surface area contributed by atoms with Crippen LogP contribution in [-0.2, 0) is 0 Å². The maximum atomic E-state index is 13.1. The van der Waals surface area contributed by atoms with Crippen LogP contribution in [0.3, 0.4) is 0 Å². The third-order valence-electron chi connectivity index (χ3n) is 5.63. The predicted octanol–water partition coefficient (Wildman–Crippen LogP) is 3.59. The van der Waals surface area contributed by atoms with Crippen molar-refractivity contribution in [3.05, 3.63) is 46.2 Å². The number of benzene rings is 1. The van der Waals surface area contributed by atoms with Crippen molar-refractivity contribution in [1.82, 2.24) is 9.80 Å². The van der Waals surface area contributed by atoms with Crippen molar-refractivity contribution in [2.75, 3.05) is 39.6 Å². The monoisotopic (exact) mass is 432 g/mol. The molecular formula is C21H24N2O4S2. The topological polar surface area (TPSA) is 59.1 Å². The molecule has 0 radical (unpaired) electrons. The number of thioether (sulfide) groups is 1. The van der Waals surface area contributed by atoms with Gasteiger partial charge < -0.3 is 19.3 Å². The molecule has 2 aromatic rings. The highest BCUT2D eigenvalue weighted by Gasteiger charge is 2.47. The first kappa shape index (κ1) is 20.1. The molecule has 2 amide bonds. The summed E-state index contributed by atoms with van der Waals surface area (Å²) in [6.07, 6.45) is 1.55. The third-order valence-corrected chi connectivity index (χ3v) is 8.04. The molecule has 0 N–H and O–H groups in total. The number of nitrogens with zero attached hydrogens (tertiary/aromatic N) is 2. The Labute approximate surface area is 178 Å². The fourth-order valence-corrected chi connectivity index (χ4v) is 6.17. The van der Waals surface area contributed by atoms with Crippen LogP contribution in [0.5, 0.6) is 11.5 Å². The highest BCUT2D eigenvalue weighted by molar-refractivity contribution is 8.00. The highest BCUT2D eigenvalue weighted by Crippen LogP contribution is 2.45. The van der Waals surface area contributed by atoms with Gasteiger partial charge in [-0.1, -0.05) is 6.07 Å². The Morgan fingerprint density at radius 2 is 1.83 bits per heavy atom. The summed E-state index contributed by atoms with van der Waals surface area (Å²) in [7, 11) is 3.14. The van der Waals surface area contributed by atoms with E-state index in [1.54, 1.807) is 32.4 Å². The van der Waals surface area contributed by atoms with Gasteiger partial charge in [0.15, 0.2) is 0 Å². The number of ether oxygens (including phenoxy) is 2. The first-order valence-corrected chi connectivity index (χ1v) is 11.5. The van der Waals surface area contributed by atoms with Crippen LogP contribution in [-0.4, -0.2) is 66.1 Å². The van der Waals surface area contributed by atoms with Crippen molar-refractivity contribution < 1.29 is 19.1 Å². The van der Waals surface area contributed by atoms with E-state index in [4.69, 9.17) is 9.47 Å². The summed E-state index contributed by atoms with van der Waals surface area (Å²) in [6.45, 7) is 2.01. The molecule has 2 saturated heterocycles. The molecule has 4 rings (SSSR count). The standard InChI is InChI=1S/C21H24N2O4S2/c1-26-15-5-6-16(17(14-15)27-2)19(24)22-9-7-21(8-10-22)23(11-13-29-21)20(25)18-4-3-12-28-18/h3-6,12,14H,7-11,13H2,1-2H3. The maximum absolute atomic E-state index is 13.1. The van der Waals surface area contributed by atoms with Crippen molar-refractivity contribution in [3.8, 4) is 11.5 Å². The number of methoxy groups -OCH3 is 2. The Hall–Kier alpha value is -2.19. The van der Waals surface area contributed by atoms with Gasteiger partial charge in [-0.05, 0) is 36.4 Å². The fraction of sp³-hybridized carbons (Fsp3) is 0.429. The van der Waals surface area contributed by atoms with Crippen molar-refractivity contribution in [2.45, 2.75) is 17.7 Å². The van der Waals surface area contributed by atoms with E-state index in [-0.39, 0.29) is 16.7 Å². The number of thiophene rings is 1. The molecule has 0 unspecified atom stereocenters. The van der Waals surface area contributed by atoms with Crippen LogP contribution in [0.1, 0.15) is 32.9 Å². The van der Waals surface area contributed by atoms with Crippen LogP contribution in [0.25, 0.3) is 0 Å². The highest BCUT2D eigenvalue weighted by atomic mass is 32.2. The van der Waals surface area contributed by atoms with E-state index < -0.39 is 0 Å². The molecule has 1 aromatic carbocycles. The van der Waals surface area contributed by atoms with E-state index in [1.165, 1.54) is 11.3 Å². The average Bonchev–Trinajstić information content (AvgIpc) is 3.43. The quantitative estimate of drug-likeness (QED) is 0.739. The van der Waals surface area contributed by atoms with Crippen molar-refractivity contribution in [1.29, 1.82) is 0 Å². The number of amides is 2. The number of rotatable bonds is 4. The number of hydrogen-bond acceptors (Lipinski definition) is 6. The minimum atomic E-state index is -0.207. The Kier molecular flexibility index (Phi) is 5.74. The molecule has 0 aliphatic carbocycles. The summed E-state index contributed by atoms with van der Waals surface area (Å²) < 4.78 is 10.6. The Balaban J connectivity index is 1.48. The second-order valence-corrected chi connectivity index (χ2v) is 9.49. The molecule has 1 spiro atoms. The number of carbonyl (C=O) groups is 2. The van der Waals surface area contributed by atoms with Gasteiger partial charge in [0.25, 0.3) is 11.8 Å². The minimum Gasteiger partial charge on any atom is -0.497 e. The van der Waals surface area contributed by atoms with Crippen LogP contribution in [0.4, 0.5) is 0 Å². The van der Waals surface area contributed by atoms with Crippen LogP contribution in [0.2, 0.25) is 0 Å². The SMILES string of the molecule is COc1ccc(C(=O)N2CCC3(CC2)SCCN3C(=O)c2cccs2)c(OC)c1. The first-order chi connectivity index (χ1) is 14.1. The summed E-state index contributed by atoms with van der Waals surface area (Å²) in [5.41, 5.74) is 0.537. The zero-order chi connectivity index (χ0) is 20.4. The van der Waals surface area contributed by atoms with Gasteiger partial charge in [-0.2, -0.15) is 0 Å². The molecule has 29 heavy (non-hydrogen) atoms. The van der Waals surface area contributed by atoms with Crippen LogP contribution in [0, 0.1) is 0 Å². The molecule has 8 heteroatoms.